The first-order valence-corrected chi connectivity index (χ1v) is 7.83. The lowest BCUT2D eigenvalue weighted by Crippen LogP contribution is -2.24. The number of benzene rings is 1. The van der Waals surface area contributed by atoms with Gasteiger partial charge in [-0.25, -0.2) is 18.1 Å². The van der Waals surface area contributed by atoms with Gasteiger partial charge in [0.1, 0.15) is 18.0 Å². The molecule has 1 unspecified atom stereocenters. The Labute approximate surface area is 136 Å². The van der Waals surface area contributed by atoms with Gasteiger partial charge in [-0.05, 0) is 48.7 Å². The lowest BCUT2D eigenvalue weighted by molar-refractivity contribution is -0.116. The lowest BCUT2D eigenvalue weighted by atomic mass is 9.88. The Hall–Kier alpha value is -2.09. The van der Waals surface area contributed by atoms with Gasteiger partial charge in [-0.15, -0.1) is 0 Å². The molecule has 1 amide bonds. The van der Waals surface area contributed by atoms with Crippen molar-refractivity contribution in [3.63, 3.8) is 0 Å². The number of aromatic nitrogens is 3. The Morgan fingerprint density at radius 3 is 3.00 bits per heavy atom. The summed E-state index contributed by atoms with van der Waals surface area (Å²) in [7, 11) is 0. The van der Waals surface area contributed by atoms with Gasteiger partial charge in [0.05, 0.1) is 6.04 Å². The van der Waals surface area contributed by atoms with Crippen LogP contribution >= 0.6 is 12.2 Å². The number of halogens is 2. The molecule has 1 aliphatic rings. The minimum Gasteiger partial charge on any atom is -0.273 e. The maximum Gasteiger partial charge on any atom is 0.238 e. The van der Waals surface area contributed by atoms with Crippen molar-refractivity contribution in [2.45, 2.75) is 38.6 Å². The van der Waals surface area contributed by atoms with Crippen LogP contribution in [-0.2, 0) is 17.6 Å². The molecule has 1 aromatic carbocycles. The fraction of sp³-hybridized carbons (Fsp3) is 0.400. The van der Waals surface area contributed by atoms with Crippen LogP contribution in [0.1, 0.15) is 36.9 Å². The first-order chi connectivity index (χ1) is 11.0. The first-order valence-electron chi connectivity index (χ1n) is 7.42. The highest BCUT2D eigenvalue weighted by Crippen LogP contribution is 2.30. The average Bonchev–Trinajstić information content (AvgIpc) is 2.87. The van der Waals surface area contributed by atoms with Crippen molar-refractivity contribution in [1.82, 2.24) is 14.5 Å². The number of carbonyl (C=O) groups is 1. The summed E-state index contributed by atoms with van der Waals surface area (Å²) in [5.74, 6) is -1.24. The van der Waals surface area contributed by atoms with Crippen LogP contribution in [0.5, 0.6) is 0 Å². The zero-order chi connectivity index (χ0) is 16.6. The number of nitrogens with one attached hydrogen (secondary N) is 1. The van der Waals surface area contributed by atoms with E-state index in [4.69, 9.17) is 12.2 Å². The molecule has 0 radical (unpaired) electrons. The van der Waals surface area contributed by atoms with Gasteiger partial charge in [0.2, 0.25) is 10.7 Å². The largest absolute Gasteiger partial charge is 0.273 e. The van der Waals surface area contributed by atoms with E-state index in [1.807, 2.05) is 0 Å². The van der Waals surface area contributed by atoms with Gasteiger partial charge in [0.15, 0.2) is 0 Å². The van der Waals surface area contributed by atoms with Crippen LogP contribution < -0.4 is 5.43 Å². The van der Waals surface area contributed by atoms with Crippen molar-refractivity contribution >= 4 is 18.1 Å². The van der Waals surface area contributed by atoms with Crippen LogP contribution in [0.4, 0.5) is 8.78 Å². The normalized spacial score (nSPS) is 16.9. The summed E-state index contributed by atoms with van der Waals surface area (Å²) < 4.78 is 30.6. The van der Waals surface area contributed by atoms with Crippen LogP contribution in [-0.4, -0.2) is 20.4 Å². The zero-order valence-corrected chi connectivity index (χ0v) is 13.4. The maximum atomic E-state index is 13.8. The van der Waals surface area contributed by atoms with Gasteiger partial charge in [-0.3, -0.25) is 10.2 Å². The van der Waals surface area contributed by atoms with Gasteiger partial charge in [0, 0.05) is 12.5 Å². The number of rotatable bonds is 3. The Balaban J connectivity index is 1.87. The zero-order valence-electron chi connectivity index (χ0n) is 12.6. The average molecular weight is 338 g/mol. The third kappa shape index (κ3) is 3.03. The van der Waals surface area contributed by atoms with E-state index in [2.05, 4.69) is 10.5 Å². The molecule has 1 heterocycles. The quantitative estimate of drug-likeness (QED) is 0.876. The number of fused-ring (bicyclic) bond motifs is 1. The summed E-state index contributed by atoms with van der Waals surface area (Å²) >= 11 is 5.32. The third-order valence-electron chi connectivity index (χ3n) is 4.04. The van der Waals surface area contributed by atoms with E-state index in [9.17, 15) is 13.6 Å². The van der Waals surface area contributed by atoms with Gasteiger partial charge < -0.3 is 0 Å². The molecule has 0 aliphatic heterocycles. The third-order valence-corrected chi connectivity index (χ3v) is 4.43. The fourth-order valence-corrected chi connectivity index (χ4v) is 3.14. The van der Waals surface area contributed by atoms with Gasteiger partial charge in [0.25, 0.3) is 0 Å². The molecule has 8 heteroatoms. The highest BCUT2D eigenvalue weighted by atomic mass is 32.1. The summed E-state index contributed by atoms with van der Waals surface area (Å²) in [4.78, 5) is 11.5. The van der Waals surface area contributed by atoms with Crippen LogP contribution in [0.15, 0.2) is 18.5 Å². The van der Waals surface area contributed by atoms with E-state index in [1.165, 1.54) is 17.1 Å². The monoisotopic (exact) mass is 338 g/mol. The first kappa shape index (κ1) is 15.8. The van der Waals surface area contributed by atoms with Crippen LogP contribution in [0.3, 0.4) is 0 Å². The molecular weight excluding hydrogens is 322 g/mol. The molecule has 5 nitrogen and oxygen atoms in total. The summed E-state index contributed by atoms with van der Waals surface area (Å²) in [6, 6.07) is 2.19. The van der Waals surface area contributed by atoms with E-state index < -0.39 is 11.6 Å². The highest BCUT2D eigenvalue weighted by Gasteiger charge is 2.25. The molecule has 23 heavy (non-hydrogen) atoms. The molecule has 1 aromatic heterocycles. The Kier molecular flexibility index (Phi) is 4.25. The second kappa shape index (κ2) is 6.19. The van der Waals surface area contributed by atoms with Crippen LogP contribution in [0.2, 0.25) is 0 Å². The fourth-order valence-electron chi connectivity index (χ4n) is 2.85. The molecule has 3 rings (SSSR count). The number of hydrogen-bond donors (Lipinski definition) is 1. The molecule has 1 aliphatic carbocycles. The van der Waals surface area contributed by atoms with E-state index in [1.54, 1.807) is 11.6 Å². The van der Waals surface area contributed by atoms with Crippen molar-refractivity contribution in [3.05, 3.63) is 46.0 Å². The summed E-state index contributed by atoms with van der Waals surface area (Å²) in [6.45, 7) is 1.74. The minimum absolute atomic E-state index is 0.0871. The number of amides is 1. The van der Waals surface area contributed by atoms with Crippen molar-refractivity contribution < 1.29 is 13.6 Å². The van der Waals surface area contributed by atoms with Crippen LogP contribution in [0, 0.1) is 16.4 Å². The van der Waals surface area contributed by atoms with Gasteiger partial charge >= 0.3 is 0 Å². The standard InChI is InChI=1S/C15H16F2N4OS/c1-2-14(22)19-20-8-18-21(15(20)23)11-3-4-12-9(6-11)5-10(16)7-13(12)17/h5,7-8,11H,2-4,6H2,1H3,(H,19,22). The predicted octanol–water partition coefficient (Wildman–Crippen LogP) is 2.90. The summed E-state index contributed by atoms with van der Waals surface area (Å²) in [6.07, 6.45) is 3.39. The number of hydrogen-bond acceptors (Lipinski definition) is 3. The SMILES string of the molecule is CCC(=O)Nn1cnn(C2CCc3c(F)cc(F)cc3C2)c1=S. The Bertz CT molecular complexity index is 814. The van der Waals surface area contributed by atoms with Gasteiger partial charge in [-0.1, -0.05) is 6.92 Å². The number of carbonyl (C=O) groups excluding carboxylic acids is 1. The van der Waals surface area contributed by atoms with Crippen molar-refractivity contribution in [1.29, 1.82) is 0 Å². The molecule has 2 aromatic rings. The smallest absolute Gasteiger partial charge is 0.238 e. The van der Waals surface area contributed by atoms with Crippen molar-refractivity contribution in [2.75, 3.05) is 5.43 Å². The minimum atomic E-state index is -0.578. The van der Waals surface area contributed by atoms with Gasteiger partial charge in [-0.2, -0.15) is 5.10 Å². The van der Waals surface area contributed by atoms with Crippen molar-refractivity contribution in [3.8, 4) is 0 Å². The Morgan fingerprint density at radius 1 is 1.48 bits per heavy atom. The van der Waals surface area contributed by atoms with E-state index >= 15 is 0 Å². The summed E-state index contributed by atoms with van der Waals surface area (Å²) in [5.41, 5.74) is 3.84. The molecule has 0 spiro atoms. The topological polar surface area (TPSA) is 51.9 Å². The molecule has 0 fully saturated rings. The second-order valence-corrected chi connectivity index (χ2v) is 5.90. The summed E-state index contributed by atoms with van der Waals surface area (Å²) in [5, 5.41) is 4.22. The van der Waals surface area contributed by atoms with E-state index in [-0.39, 0.29) is 11.9 Å². The molecule has 0 saturated heterocycles. The molecule has 1 atom stereocenters. The van der Waals surface area contributed by atoms with Crippen LogP contribution in [0.25, 0.3) is 0 Å². The molecule has 0 bridgehead atoms. The Morgan fingerprint density at radius 2 is 2.26 bits per heavy atom. The van der Waals surface area contributed by atoms with Crippen molar-refractivity contribution in [2.24, 2.45) is 0 Å². The molecule has 122 valence electrons. The van der Waals surface area contributed by atoms with E-state index in [0.717, 1.165) is 6.07 Å². The predicted molar refractivity (Wildman–Crippen MR) is 83.1 cm³/mol. The molecule has 1 N–H and O–H groups in total. The second-order valence-electron chi connectivity index (χ2n) is 5.54. The number of nitrogens with zero attached hydrogens (tertiary/aromatic N) is 3. The molecular formula is C15H16F2N4OS. The van der Waals surface area contributed by atoms with E-state index in [0.29, 0.717) is 41.6 Å². The highest BCUT2D eigenvalue weighted by molar-refractivity contribution is 7.71. The molecule has 0 saturated carbocycles. The lowest BCUT2D eigenvalue weighted by Gasteiger charge is -2.25. The maximum absolute atomic E-state index is 13.8.